The van der Waals surface area contributed by atoms with Crippen LogP contribution in [0.4, 0.5) is 0 Å². The lowest BCUT2D eigenvalue weighted by molar-refractivity contribution is -0.157. The average Bonchev–Trinajstić information content (AvgIpc) is 2.46. The number of carbonyl (C=O) groups is 3. The van der Waals surface area contributed by atoms with E-state index in [2.05, 4.69) is 0 Å². The van der Waals surface area contributed by atoms with Gasteiger partial charge in [0.05, 0.1) is 17.4 Å². The highest BCUT2D eigenvalue weighted by Gasteiger charge is 2.58. The van der Waals surface area contributed by atoms with Crippen molar-refractivity contribution in [1.82, 2.24) is 4.90 Å². The molecule has 1 aliphatic carbocycles. The van der Waals surface area contributed by atoms with E-state index >= 15 is 0 Å². The summed E-state index contributed by atoms with van der Waals surface area (Å²) in [6.07, 6.45) is 2.18. The van der Waals surface area contributed by atoms with Crippen LogP contribution in [0.15, 0.2) is 0 Å². The molecule has 1 unspecified atom stereocenters. The first-order valence-electron chi connectivity index (χ1n) is 6.82. The van der Waals surface area contributed by atoms with E-state index in [9.17, 15) is 14.4 Å². The van der Waals surface area contributed by atoms with E-state index in [1.54, 1.807) is 0 Å². The molecular weight excluding hydrogens is 246 g/mol. The van der Waals surface area contributed by atoms with Crippen molar-refractivity contribution in [3.63, 3.8) is 0 Å². The van der Waals surface area contributed by atoms with Crippen molar-refractivity contribution >= 4 is 17.8 Å². The number of rotatable bonds is 4. The SMILES string of the molecule is CC(C)C1(C)CC(=O)N(C2(CC(=O)O)CCC2)C1=O. The molecule has 19 heavy (non-hydrogen) atoms. The van der Waals surface area contributed by atoms with Gasteiger partial charge < -0.3 is 5.11 Å². The van der Waals surface area contributed by atoms with Gasteiger partial charge in [-0.15, -0.1) is 0 Å². The fourth-order valence-corrected chi connectivity index (χ4v) is 3.11. The van der Waals surface area contributed by atoms with Gasteiger partial charge in [0, 0.05) is 6.42 Å². The first-order chi connectivity index (χ1) is 8.73. The molecule has 0 aromatic heterocycles. The molecule has 2 aliphatic rings. The second kappa shape index (κ2) is 4.32. The summed E-state index contributed by atoms with van der Waals surface area (Å²) in [5.41, 5.74) is -1.44. The maximum atomic E-state index is 12.6. The van der Waals surface area contributed by atoms with Gasteiger partial charge >= 0.3 is 5.97 Å². The lowest BCUT2D eigenvalue weighted by Gasteiger charge is -2.47. The summed E-state index contributed by atoms with van der Waals surface area (Å²) in [6.45, 7) is 5.67. The number of carboxylic acids is 1. The maximum absolute atomic E-state index is 12.6. The third-order valence-corrected chi connectivity index (χ3v) is 4.97. The van der Waals surface area contributed by atoms with Crippen LogP contribution in [-0.2, 0) is 14.4 Å². The van der Waals surface area contributed by atoms with Gasteiger partial charge in [-0.25, -0.2) is 0 Å². The monoisotopic (exact) mass is 267 g/mol. The zero-order valence-corrected chi connectivity index (χ0v) is 11.7. The maximum Gasteiger partial charge on any atom is 0.305 e. The number of hydrogen-bond donors (Lipinski definition) is 1. The van der Waals surface area contributed by atoms with E-state index in [1.165, 1.54) is 4.90 Å². The molecule has 0 aromatic rings. The van der Waals surface area contributed by atoms with E-state index < -0.39 is 16.9 Å². The molecule has 1 saturated heterocycles. The van der Waals surface area contributed by atoms with Gasteiger partial charge in [0.1, 0.15) is 0 Å². The van der Waals surface area contributed by atoms with Crippen LogP contribution in [0.5, 0.6) is 0 Å². The molecule has 5 nitrogen and oxygen atoms in total. The molecule has 0 aromatic carbocycles. The zero-order chi connectivity index (χ0) is 14.4. The molecule has 106 valence electrons. The molecule has 0 radical (unpaired) electrons. The predicted octanol–water partition coefficient (Wildman–Crippen LogP) is 1.80. The summed E-state index contributed by atoms with van der Waals surface area (Å²) in [5.74, 6) is -1.27. The number of carboxylic acid groups (broad SMARTS) is 1. The van der Waals surface area contributed by atoms with Crippen LogP contribution in [-0.4, -0.2) is 33.3 Å². The Morgan fingerprint density at radius 3 is 2.26 bits per heavy atom. The normalized spacial score (nSPS) is 29.8. The number of amides is 2. The van der Waals surface area contributed by atoms with Crippen molar-refractivity contribution in [3.8, 4) is 0 Å². The van der Waals surface area contributed by atoms with E-state index in [-0.39, 0.29) is 30.6 Å². The van der Waals surface area contributed by atoms with Gasteiger partial charge in [-0.2, -0.15) is 0 Å². The third-order valence-electron chi connectivity index (χ3n) is 4.97. The Labute approximate surface area is 113 Å². The molecule has 0 spiro atoms. The number of nitrogens with zero attached hydrogens (tertiary/aromatic N) is 1. The van der Waals surface area contributed by atoms with Gasteiger partial charge in [0.2, 0.25) is 11.8 Å². The standard InChI is InChI=1S/C14H21NO4/c1-9(2)13(3)7-10(16)15(12(13)19)14(5-4-6-14)8-11(17)18/h9H,4-8H2,1-3H3,(H,17,18). The Hall–Kier alpha value is -1.39. The second-order valence-electron chi connectivity index (χ2n) is 6.43. The predicted molar refractivity (Wildman–Crippen MR) is 68.2 cm³/mol. The fourth-order valence-electron chi connectivity index (χ4n) is 3.11. The minimum atomic E-state index is -0.946. The van der Waals surface area contributed by atoms with Crippen LogP contribution >= 0.6 is 0 Å². The quantitative estimate of drug-likeness (QED) is 0.788. The number of imide groups is 1. The molecule has 1 aliphatic heterocycles. The van der Waals surface area contributed by atoms with Crippen molar-refractivity contribution in [2.24, 2.45) is 11.3 Å². The Balaban J connectivity index is 2.32. The first kappa shape index (κ1) is 14.0. The summed E-state index contributed by atoms with van der Waals surface area (Å²) < 4.78 is 0. The molecule has 1 N–H and O–H groups in total. The molecule has 2 fully saturated rings. The van der Waals surface area contributed by atoms with Crippen LogP contribution < -0.4 is 0 Å². The molecule has 2 rings (SSSR count). The van der Waals surface area contributed by atoms with E-state index in [4.69, 9.17) is 5.11 Å². The summed E-state index contributed by atoms with van der Waals surface area (Å²) in [4.78, 5) is 37.2. The van der Waals surface area contributed by atoms with Gasteiger partial charge in [-0.05, 0) is 32.1 Å². The first-order valence-corrected chi connectivity index (χ1v) is 6.82. The van der Waals surface area contributed by atoms with Crippen LogP contribution in [0.25, 0.3) is 0 Å². The smallest absolute Gasteiger partial charge is 0.305 e. The fraction of sp³-hybridized carbons (Fsp3) is 0.786. The minimum absolute atomic E-state index is 0.0657. The number of carbonyl (C=O) groups excluding carboxylic acids is 2. The van der Waals surface area contributed by atoms with Gasteiger partial charge in [0.25, 0.3) is 0 Å². The van der Waals surface area contributed by atoms with Crippen molar-refractivity contribution in [1.29, 1.82) is 0 Å². The number of likely N-dealkylation sites (tertiary alicyclic amines) is 1. The molecular formula is C14H21NO4. The summed E-state index contributed by atoms with van der Waals surface area (Å²) in [5, 5.41) is 9.04. The Bertz CT molecular complexity index is 439. The molecule has 5 heteroatoms. The van der Waals surface area contributed by atoms with Gasteiger partial charge in [0.15, 0.2) is 0 Å². The topological polar surface area (TPSA) is 74.7 Å². The van der Waals surface area contributed by atoms with Crippen LogP contribution in [0.3, 0.4) is 0 Å². The highest BCUT2D eigenvalue weighted by Crippen LogP contribution is 2.49. The van der Waals surface area contributed by atoms with E-state index in [0.717, 1.165) is 6.42 Å². The number of hydrogen-bond acceptors (Lipinski definition) is 3. The van der Waals surface area contributed by atoms with Gasteiger partial charge in [-0.3, -0.25) is 19.3 Å². The summed E-state index contributed by atoms with van der Waals surface area (Å²) >= 11 is 0. The van der Waals surface area contributed by atoms with Crippen molar-refractivity contribution in [2.45, 2.75) is 58.4 Å². The zero-order valence-electron chi connectivity index (χ0n) is 11.7. The van der Waals surface area contributed by atoms with Crippen LogP contribution in [0.2, 0.25) is 0 Å². The minimum Gasteiger partial charge on any atom is -0.481 e. The van der Waals surface area contributed by atoms with Crippen molar-refractivity contribution in [3.05, 3.63) is 0 Å². The summed E-state index contributed by atoms with van der Waals surface area (Å²) in [6, 6.07) is 0. The average molecular weight is 267 g/mol. The highest BCUT2D eigenvalue weighted by atomic mass is 16.4. The third kappa shape index (κ3) is 1.95. The Morgan fingerprint density at radius 1 is 1.37 bits per heavy atom. The van der Waals surface area contributed by atoms with Crippen molar-refractivity contribution < 1.29 is 19.5 Å². The van der Waals surface area contributed by atoms with Gasteiger partial charge in [-0.1, -0.05) is 13.8 Å². The lowest BCUT2D eigenvalue weighted by Crippen LogP contribution is -2.58. The largest absolute Gasteiger partial charge is 0.481 e. The molecule has 1 heterocycles. The summed E-state index contributed by atoms with van der Waals surface area (Å²) in [7, 11) is 0. The molecule has 1 atom stereocenters. The molecule has 0 bridgehead atoms. The second-order valence-corrected chi connectivity index (χ2v) is 6.43. The number of aliphatic carboxylic acids is 1. The highest BCUT2D eigenvalue weighted by molar-refractivity contribution is 6.07. The Morgan fingerprint density at radius 2 is 1.95 bits per heavy atom. The van der Waals surface area contributed by atoms with Crippen molar-refractivity contribution in [2.75, 3.05) is 0 Å². The van der Waals surface area contributed by atoms with E-state index in [1.807, 2.05) is 20.8 Å². The molecule has 1 saturated carbocycles. The van der Waals surface area contributed by atoms with Crippen LogP contribution in [0.1, 0.15) is 52.9 Å². The van der Waals surface area contributed by atoms with E-state index in [0.29, 0.717) is 12.8 Å². The lowest BCUT2D eigenvalue weighted by atomic mass is 9.72. The Kier molecular flexibility index (Phi) is 3.19. The van der Waals surface area contributed by atoms with Crippen LogP contribution in [0, 0.1) is 11.3 Å². The molecule has 2 amide bonds.